The monoisotopic (exact) mass is 448 g/mol. The Balaban J connectivity index is 1.51. The minimum absolute atomic E-state index is 0.0848. The average Bonchev–Trinajstić information content (AvgIpc) is 3.13. The summed E-state index contributed by atoms with van der Waals surface area (Å²) in [6, 6.07) is 12.1. The molecule has 2 fully saturated rings. The molecular weight excluding hydrogens is 419 g/mol. The number of anilines is 2. The molecule has 33 heavy (non-hydrogen) atoms. The third-order valence-electron chi connectivity index (χ3n) is 6.56. The van der Waals surface area contributed by atoms with Crippen molar-refractivity contribution < 1.29 is 14.0 Å². The number of rotatable bonds is 4. The van der Waals surface area contributed by atoms with Gasteiger partial charge in [-0.15, -0.1) is 0 Å². The molecule has 0 bridgehead atoms. The number of hydrogen-bond acceptors (Lipinski definition) is 5. The summed E-state index contributed by atoms with van der Waals surface area (Å²) in [6.07, 6.45) is 4.59. The molecule has 2 aliphatic rings. The maximum absolute atomic E-state index is 14.6. The molecule has 0 N–H and O–H groups in total. The van der Waals surface area contributed by atoms with Gasteiger partial charge in [-0.2, -0.15) is 5.26 Å². The summed E-state index contributed by atoms with van der Waals surface area (Å²) in [5.74, 6) is -0.679. The Morgan fingerprint density at radius 2 is 1.48 bits per heavy atom. The molecular formula is C26H29FN4O2. The van der Waals surface area contributed by atoms with E-state index in [0.717, 1.165) is 31.6 Å². The Morgan fingerprint density at radius 1 is 0.848 bits per heavy atom. The summed E-state index contributed by atoms with van der Waals surface area (Å²) < 4.78 is 14.6. The molecule has 0 aliphatic carbocycles. The van der Waals surface area contributed by atoms with E-state index in [1.807, 2.05) is 11.0 Å². The van der Waals surface area contributed by atoms with Gasteiger partial charge < -0.3 is 14.7 Å². The van der Waals surface area contributed by atoms with Crippen LogP contribution < -0.4 is 9.80 Å². The van der Waals surface area contributed by atoms with E-state index in [-0.39, 0.29) is 11.7 Å². The first-order valence-electron chi connectivity index (χ1n) is 11.6. The van der Waals surface area contributed by atoms with Crippen molar-refractivity contribution in [1.29, 1.82) is 5.26 Å². The first-order chi connectivity index (χ1) is 16.0. The topological polar surface area (TPSA) is 67.6 Å². The molecule has 2 saturated heterocycles. The van der Waals surface area contributed by atoms with Gasteiger partial charge in [0.1, 0.15) is 5.82 Å². The van der Waals surface area contributed by atoms with E-state index in [2.05, 4.69) is 11.0 Å². The molecule has 7 heteroatoms. The molecule has 2 aliphatic heterocycles. The molecule has 4 rings (SSSR count). The van der Waals surface area contributed by atoms with Crippen molar-refractivity contribution in [3.63, 3.8) is 0 Å². The van der Waals surface area contributed by atoms with Gasteiger partial charge in [-0.25, -0.2) is 4.39 Å². The molecule has 2 aromatic rings. The third-order valence-corrected chi connectivity index (χ3v) is 6.56. The Labute approximate surface area is 194 Å². The molecule has 6 nitrogen and oxygen atoms in total. The van der Waals surface area contributed by atoms with E-state index in [0.29, 0.717) is 48.6 Å². The number of hydrogen-bond donors (Lipinski definition) is 0. The highest BCUT2D eigenvalue weighted by Gasteiger charge is 2.27. The SMILES string of the molecule is CC(=O)c1ccc(N2CCN(C(=O)c3cc(C#N)ccc3N3CCCCCC3)CC2)c(F)c1. The molecule has 2 aromatic carbocycles. The van der Waals surface area contributed by atoms with Crippen molar-refractivity contribution in [1.82, 2.24) is 4.90 Å². The molecule has 0 aromatic heterocycles. The van der Waals surface area contributed by atoms with Crippen LogP contribution in [0.15, 0.2) is 36.4 Å². The van der Waals surface area contributed by atoms with E-state index in [1.165, 1.54) is 25.8 Å². The quantitative estimate of drug-likeness (QED) is 0.655. The standard InChI is InChI=1S/C26H29FN4O2/c1-19(32)21-7-9-25(23(27)17-21)30-12-14-31(15-13-30)26(33)22-16-20(18-28)6-8-24(22)29-10-4-2-3-5-11-29/h6-9,16-17H,2-5,10-15H2,1H3. The van der Waals surface area contributed by atoms with Crippen LogP contribution in [-0.4, -0.2) is 55.9 Å². The summed E-state index contributed by atoms with van der Waals surface area (Å²) in [7, 11) is 0. The lowest BCUT2D eigenvalue weighted by Crippen LogP contribution is -2.49. The van der Waals surface area contributed by atoms with Crippen molar-refractivity contribution in [2.75, 3.05) is 49.1 Å². The minimum atomic E-state index is -0.423. The zero-order valence-corrected chi connectivity index (χ0v) is 19.0. The highest BCUT2D eigenvalue weighted by molar-refractivity contribution is 6.00. The van der Waals surface area contributed by atoms with Crippen LogP contribution in [0, 0.1) is 17.1 Å². The van der Waals surface area contributed by atoms with Gasteiger partial charge in [-0.1, -0.05) is 12.8 Å². The highest BCUT2D eigenvalue weighted by atomic mass is 19.1. The summed E-state index contributed by atoms with van der Waals surface area (Å²) in [6.45, 7) is 5.16. The molecule has 2 heterocycles. The number of Topliss-reactive ketones (excluding diaryl/α,β-unsaturated/α-hetero) is 1. The Morgan fingerprint density at radius 3 is 2.09 bits per heavy atom. The van der Waals surface area contributed by atoms with E-state index >= 15 is 0 Å². The van der Waals surface area contributed by atoms with Gasteiger partial charge in [0.15, 0.2) is 5.78 Å². The summed E-state index contributed by atoms with van der Waals surface area (Å²) >= 11 is 0. The second-order valence-corrected chi connectivity index (χ2v) is 8.75. The first-order valence-corrected chi connectivity index (χ1v) is 11.6. The lowest BCUT2D eigenvalue weighted by Gasteiger charge is -2.37. The van der Waals surface area contributed by atoms with Crippen molar-refractivity contribution in [3.8, 4) is 6.07 Å². The molecule has 0 saturated carbocycles. The molecule has 0 atom stereocenters. The predicted octanol–water partition coefficient (Wildman–Crippen LogP) is 4.24. The third kappa shape index (κ3) is 5.00. The van der Waals surface area contributed by atoms with Gasteiger partial charge in [0, 0.05) is 50.5 Å². The molecule has 0 unspecified atom stereocenters. The van der Waals surface area contributed by atoms with Gasteiger partial charge in [0.05, 0.1) is 22.9 Å². The summed E-state index contributed by atoms with van der Waals surface area (Å²) in [4.78, 5) is 31.0. The smallest absolute Gasteiger partial charge is 0.256 e. The minimum Gasteiger partial charge on any atom is -0.371 e. The van der Waals surface area contributed by atoms with E-state index in [4.69, 9.17) is 0 Å². The highest BCUT2D eigenvalue weighted by Crippen LogP contribution is 2.28. The molecule has 0 radical (unpaired) electrons. The fourth-order valence-electron chi connectivity index (χ4n) is 4.67. The first kappa shape index (κ1) is 22.8. The maximum atomic E-state index is 14.6. The number of benzene rings is 2. The number of carbonyl (C=O) groups excluding carboxylic acids is 2. The van der Waals surface area contributed by atoms with Crippen molar-refractivity contribution in [2.24, 2.45) is 0 Å². The van der Waals surface area contributed by atoms with E-state index < -0.39 is 5.82 Å². The molecule has 1 amide bonds. The van der Waals surface area contributed by atoms with Crippen molar-refractivity contribution in [3.05, 3.63) is 58.9 Å². The number of carbonyl (C=O) groups is 2. The number of piperazine rings is 1. The van der Waals surface area contributed by atoms with Gasteiger partial charge in [-0.05, 0) is 56.2 Å². The van der Waals surface area contributed by atoms with Crippen LogP contribution in [0.4, 0.5) is 15.8 Å². The van der Waals surface area contributed by atoms with E-state index in [1.54, 1.807) is 29.2 Å². The van der Waals surface area contributed by atoms with Gasteiger partial charge >= 0.3 is 0 Å². The van der Waals surface area contributed by atoms with Gasteiger partial charge in [0.25, 0.3) is 5.91 Å². The number of amides is 1. The summed E-state index contributed by atoms with van der Waals surface area (Å²) in [5, 5.41) is 9.39. The zero-order valence-electron chi connectivity index (χ0n) is 19.0. The lowest BCUT2D eigenvalue weighted by atomic mass is 10.1. The van der Waals surface area contributed by atoms with E-state index in [9.17, 15) is 19.2 Å². The number of nitrogens with zero attached hydrogens (tertiary/aromatic N) is 4. The molecule has 0 spiro atoms. The second-order valence-electron chi connectivity index (χ2n) is 8.75. The maximum Gasteiger partial charge on any atom is 0.256 e. The van der Waals surface area contributed by atoms with Crippen LogP contribution in [-0.2, 0) is 0 Å². The fraction of sp³-hybridized carbons (Fsp3) is 0.423. The Kier molecular flexibility index (Phi) is 6.93. The fourth-order valence-corrected chi connectivity index (χ4v) is 4.67. The lowest BCUT2D eigenvalue weighted by molar-refractivity contribution is 0.0747. The van der Waals surface area contributed by atoms with Crippen LogP contribution in [0.1, 0.15) is 58.9 Å². The zero-order chi connectivity index (χ0) is 23.4. The van der Waals surface area contributed by atoms with Crippen LogP contribution in [0.2, 0.25) is 0 Å². The van der Waals surface area contributed by atoms with Crippen LogP contribution in [0.5, 0.6) is 0 Å². The van der Waals surface area contributed by atoms with Crippen molar-refractivity contribution >= 4 is 23.1 Å². The van der Waals surface area contributed by atoms with Crippen LogP contribution >= 0.6 is 0 Å². The van der Waals surface area contributed by atoms with Gasteiger partial charge in [0.2, 0.25) is 0 Å². The molecule has 172 valence electrons. The predicted molar refractivity (Wildman–Crippen MR) is 126 cm³/mol. The van der Waals surface area contributed by atoms with Gasteiger partial charge in [-0.3, -0.25) is 9.59 Å². The Bertz CT molecular complexity index is 1080. The number of halogens is 1. The van der Waals surface area contributed by atoms with Crippen LogP contribution in [0.25, 0.3) is 0 Å². The normalized spacial score (nSPS) is 16.8. The number of ketones is 1. The second kappa shape index (κ2) is 10.0. The number of nitriles is 1. The summed E-state index contributed by atoms with van der Waals surface area (Å²) in [5.41, 5.74) is 2.74. The largest absolute Gasteiger partial charge is 0.371 e. The van der Waals surface area contributed by atoms with Crippen molar-refractivity contribution in [2.45, 2.75) is 32.6 Å². The Hall–Kier alpha value is -3.40. The van der Waals surface area contributed by atoms with Crippen LogP contribution in [0.3, 0.4) is 0 Å². The average molecular weight is 449 g/mol.